The van der Waals surface area contributed by atoms with E-state index in [9.17, 15) is 18.0 Å². The molecule has 0 aliphatic carbocycles. The molecule has 8 heteroatoms. The highest BCUT2D eigenvalue weighted by Gasteiger charge is 2.19. The maximum absolute atomic E-state index is 13.1. The normalized spacial score (nSPS) is 11.5. The highest BCUT2D eigenvalue weighted by molar-refractivity contribution is 7.89. The van der Waals surface area contributed by atoms with Gasteiger partial charge in [-0.05, 0) is 43.7 Å². The maximum atomic E-state index is 13.1. The smallest absolute Gasteiger partial charge is 0.259 e. The van der Waals surface area contributed by atoms with Gasteiger partial charge in [0.05, 0.1) is 15.8 Å². The van der Waals surface area contributed by atoms with E-state index in [0.29, 0.717) is 16.9 Å². The summed E-state index contributed by atoms with van der Waals surface area (Å²) < 4.78 is 29.7. The molecule has 0 fully saturated rings. The summed E-state index contributed by atoms with van der Waals surface area (Å²) in [7, 11) is -3.95. The molecule has 0 saturated heterocycles. The minimum atomic E-state index is -3.95. The molecular formula is C24H20N2O5S. The monoisotopic (exact) mass is 448 g/mol. The van der Waals surface area contributed by atoms with Crippen molar-refractivity contribution in [1.29, 1.82) is 0 Å². The number of hydrogen-bond acceptors (Lipinski definition) is 5. The minimum Gasteiger partial charge on any atom is -0.455 e. The van der Waals surface area contributed by atoms with Gasteiger partial charge in [-0.1, -0.05) is 42.5 Å². The first-order chi connectivity index (χ1) is 15.2. The third-order valence-electron chi connectivity index (χ3n) is 5.18. The molecule has 4 rings (SSSR count). The summed E-state index contributed by atoms with van der Waals surface area (Å²) in [5.74, 6) is -0.166. The maximum Gasteiger partial charge on any atom is 0.259 e. The van der Waals surface area contributed by atoms with Gasteiger partial charge in [0, 0.05) is 16.8 Å². The number of carbonyl (C=O) groups is 1. The highest BCUT2D eigenvalue weighted by atomic mass is 32.2. The van der Waals surface area contributed by atoms with Crippen LogP contribution in [0.3, 0.4) is 0 Å². The minimum absolute atomic E-state index is 0.0817. The number of hydrogen-bond donors (Lipinski definition) is 2. The molecule has 0 radical (unpaired) electrons. The summed E-state index contributed by atoms with van der Waals surface area (Å²) in [6, 6.07) is 18.3. The van der Waals surface area contributed by atoms with Crippen LogP contribution in [0.15, 0.2) is 80.8 Å². The first kappa shape index (κ1) is 21.5. The van der Waals surface area contributed by atoms with Crippen molar-refractivity contribution in [3.8, 4) is 11.3 Å². The van der Waals surface area contributed by atoms with E-state index in [-0.39, 0.29) is 32.5 Å². The van der Waals surface area contributed by atoms with Gasteiger partial charge in [-0.25, -0.2) is 13.6 Å². The van der Waals surface area contributed by atoms with Gasteiger partial charge >= 0.3 is 0 Å². The lowest BCUT2D eigenvalue weighted by Gasteiger charge is -2.12. The van der Waals surface area contributed by atoms with Crippen LogP contribution in [0.2, 0.25) is 0 Å². The Balaban J connectivity index is 1.82. The van der Waals surface area contributed by atoms with E-state index in [2.05, 4.69) is 5.32 Å². The predicted octanol–water partition coefficient (Wildman–Crippen LogP) is 3.98. The number of anilines is 1. The Bertz CT molecular complexity index is 1520. The SMILES string of the molecule is Cc1ccc(NC(=O)c2cccc3c(=O)c(C)c(-c4ccccc4)oc23)cc1S(N)(=O)=O. The molecule has 3 N–H and O–H groups in total. The van der Waals surface area contributed by atoms with Crippen LogP contribution in [0.5, 0.6) is 0 Å². The molecule has 3 aromatic carbocycles. The molecule has 1 heterocycles. The zero-order valence-electron chi connectivity index (χ0n) is 17.4. The third kappa shape index (κ3) is 3.93. The van der Waals surface area contributed by atoms with Gasteiger partial charge in [-0.3, -0.25) is 9.59 Å². The van der Waals surface area contributed by atoms with Crippen molar-refractivity contribution in [2.45, 2.75) is 18.7 Å². The molecule has 0 spiro atoms. The topological polar surface area (TPSA) is 119 Å². The highest BCUT2D eigenvalue weighted by Crippen LogP contribution is 2.28. The molecule has 7 nitrogen and oxygen atoms in total. The lowest BCUT2D eigenvalue weighted by molar-refractivity contribution is 0.102. The molecule has 32 heavy (non-hydrogen) atoms. The summed E-state index contributed by atoms with van der Waals surface area (Å²) in [5.41, 5.74) is 1.94. The summed E-state index contributed by atoms with van der Waals surface area (Å²) in [5, 5.41) is 8.20. The Kier molecular flexibility index (Phi) is 5.41. The Hall–Kier alpha value is -3.75. The number of benzene rings is 3. The van der Waals surface area contributed by atoms with Crippen LogP contribution >= 0.6 is 0 Å². The van der Waals surface area contributed by atoms with Gasteiger partial charge in [0.1, 0.15) is 5.76 Å². The first-order valence-electron chi connectivity index (χ1n) is 9.73. The summed E-state index contributed by atoms with van der Waals surface area (Å²) in [4.78, 5) is 26.0. The summed E-state index contributed by atoms with van der Waals surface area (Å²) in [6.07, 6.45) is 0. The van der Waals surface area contributed by atoms with Crippen LogP contribution in [-0.4, -0.2) is 14.3 Å². The number of primary sulfonamides is 1. The van der Waals surface area contributed by atoms with Gasteiger partial charge in [-0.2, -0.15) is 0 Å². The average molecular weight is 449 g/mol. The Labute approximate surface area is 184 Å². The van der Waals surface area contributed by atoms with E-state index in [1.165, 1.54) is 6.07 Å². The predicted molar refractivity (Wildman–Crippen MR) is 123 cm³/mol. The fourth-order valence-corrected chi connectivity index (χ4v) is 4.34. The number of para-hydroxylation sites is 1. The fraction of sp³-hybridized carbons (Fsp3) is 0.0833. The van der Waals surface area contributed by atoms with Gasteiger partial charge in [0.2, 0.25) is 10.0 Å². The van der Waals surface area contributed by atoms with E-state index in [0.717, 1.165) is 5.56 Å². The number of carbonyl (C=O) groups excluding carboxylic acids is 1. The van der Waals surface area contributed by atoms with Gasteiger partial charge in [0.25, 0.3) is 5.91 Å². The molecule has 0 atom stereocenters. The zero-order chi connectivity index (χ0) is 23.0. The molecule has 1 amide bonds. The number of aryl methyl sites for hydroxylation is 1. The lowest BCUT2D eigenvalue weighted by Crippen LogP contribution is -2.17. The molecule has 0 unspecified atom stereocenters. The standard InChI is InChI=1S/C24H20N2O5S/c1-14-11-12-17(13-20(14)32(25,29)30)26-24(28)19-10-6-9-18-21(27)15(2)22(31-23(18)19)16-7-4-3-5-8-16/h3-13H,1-2H3,(H,26,28)(H2,25,29,30). The second-order valence-corrected chi connectivity index (χ2v) is 8.94. The van der Waals surface area contributed by atoms with E-state index in [4.69, 9.17) is 9.56 Å². The molecule has 0 aliphatic heterocycles. The second-order valence-electron chi connectivity index (χ2n) is 7.41. The van der Waals surface area contributed by atoms with Crippen molar-refractivity contribution in [2.75, 3.05) is 5.32 Å². The molecule has 0 saturated carbocycles. The molecule has 0 bridgehead atoms. The average Bonchev–Trinajstić information content (AvgIpc) is 2.77. The third-order valence-corrected chi connectivity index (χ3v) is 6.23. The van der Waals surface area contributed by atoms with E-state index < -0.39 is 15.9 Å². The number of fused-ring (bicyclic) bond motifs is 1. The number of nitrogens with two attached hydrogens (primary N) is 1. The molecule has 162 valence electrons. The van der Waals surface area contributed by atoms with Crippen molar-refractivity contribution in [1.82, 2.24) is 0 Å². The quantitative estimate of drug-likeness (QED) is 0.489. The van der Waals surface area contributed by atoms with Crippen molar-refractivity contribution in [3.05, 3.63) is 93.6 Å². The number of rotatable bonds is 4. The first-order valence-corrected chi connectivity index (χ1v) is 11.3. The van der Waals surface area contributed by atoms with E-state index in [1.54, 1.807) is 44.2 Å². The van der Waals surface area contributed by atoms with Crippen LogP contribution in [0, 0.1) is 13.8 Å². The molecular weight excluding hydrogens is 428 g/mol. The zero-order valence-corrected chi connectivity index (χ0v) is 18.2. The Morgan fingerprint density at radius 3 is 2.38 bits per heavy atom. The van der Waals surface area contributed by atoms with E-state index in [1.807, 2.05) is 30.3 Å². The van der Waals surface area contributed by atoms with Gasteiger partial charge in [0.15, 0.2) is 11.0 Å². The van der Waals surface area contributed by atoms with Crippen molar-refractivity contribution < 1.29 is 17.6 Å². The largest absolute Gasteiger partial charge is 0.455 e. The number of nitrogens with one attached hydrogen (secondary N) is 1. The molecule has 1 aromatic heterocycles. The lowest BCUT2D eigenvalue weighted by atomic mass is 10.0. The fourth-order valence-electron chi connectivity index (χ4n) is 3.54. The van der Waals surface area contributed by atoms with E-state index >= 15 is 0 Å². The van der Waals surface area contributed by atoms with Crippen molar-refractivity contribution >= 4 is 32.6 Å². The van der Waals surface area contributed by atoms with Gasteiger partial charge < -0.3 is 9.73 Å². The van der Waals surface area contributed by atoms with Crippen molar-refractivity contribution in [3.63, 3.8) is 0 Å². The number of amides is 1. The second kappa shape index (κ2) is 8.07. The van der Waals surface area contributed by atoms with Gasteiger partial charge in [-0.15, -0.1) is 0 Å². The Morgan fingerprint density at radius 2 is 1.69 bits per heavy atom. The van der Waals surface area contributed by atoms with Crippen LogP contribution < -0.4 is 15.9 Å². The van der Waals surface area contributed by atoms with Crippen LogP contribution in [0.25, 0.3) is 22.3 Å². The summed E-state index contributed by atoms with van der Waals surface area (Å²) >= 11 is 0. The summed E-state index contributed by atoms with van der Waals surface area (Å²) in [6.45, 7) is 3.29. The Morgan fingerprint density at radius 1 is 0.969 bits per heavy atom. The van der Waals surface area contributed by atoms with Crippen molar-refractivity contribution in [2.24, 2.45) is 5.14 Å². The van der Waals surface area contributed by atoms with Crippen LogP contribution in [0.1, 0.15) is 21.5 Å². The van der Waals surface area contributed by atoms with Crippen LogP contribution in [-0.2, 0) is 10.0 Å². The number of sulfonamides is 1. The molecule has 4 aromatic rings. The molecule has 0 aliphatic rings. The van der Waals surface area contributed by atoms with Crippen LogP contribution in [0.4, 0.5) is 5.69 Å².